The molecule has 364 valence electrons. The first-order valence-corrected chi connectivity index (χ1v) is 23.6. The molecular weight excluding hydrogens is 860 g/mol. The van der Waals surface area contributed by atoms with Gasteiger partial charge in [-0.1, -0.05) is 17.8 Å². The van der Waals surface area contributed by atoms with Crippen molar-refractivity contribution >= 4 is 32.2 Å². The molecule has 2 bridgehead atoms. The number of hydrogen-bond acceptors (Lipinski definition) is 14. The van der Waals surface area contributed by atoms with E-state index in [0.29, 0.717) is 58.9 Å². The molecule has 3 rings (SSSR count). The summed E-state index contributed by atoms with van der Waals surface area (Å²) in [5.74, 6) is 6.10. The average Bonchev–Trinajstić information content (AvgIpc) is 3.24. The summed E-state index contributed by atoms with van der Waals surface area (Å²) in [5, 5.41) is 21.0. The molecule has 3 fully saturated rings. The number of hydrogen-bond donors (Lipinski definition) is 4. The third kappa shape index (κ3) is 22.4. The maximum Gasteiger partial charge on any atom is 0.259 e. The number of carbonyl (C=O) groups is 4. The minimum absolute atomic E-state index is 0.00455. The van der Waals surface area contributed by atoms with Crippen molar-refractivity contribution in [2.75, 3.05) is 106 Å². The van der Waals surface area contributed by atoms with Crippen LogP contribution in [0, 0.1) is 53.8 Å². The standard InChI is InChI=1S/C46H73N6O12P/c1-8-22-57-29-32-60-26-19-48-40(53)12-15-45(16-13-41(54)49-20-27-61-33-30-58-23-9-2,17-14-42(55)50-21-28-62-34-31-59-24-10-3)51-43(56)44-35-46(36-44,37-44)64-65(63-25-11-18-47)52(38(4)5)39(6)7/h1-3,38-39H,11-17,19-37H2,4-7H3,(H,48,53)(H,49,54)(H,50,55)(H,51,56)/t44-,46-,65?. The number of terminal acetylenes is 3. The Morgan fingerprint density at radius 3 is 1.37 bits per heavy atom. The van der Waals surface area contributed by atoms with Crippen LogP contribution in [-0.4, -0.2) is 157 Å². The minimum atomic E-state index is -1.51. The molecule has 0 spiro atoms. The second kappa shape index (κ2) is 32.7. The first-order valence-electron chi connectivity index (χ1n) is 22.5. The van der Waals surface area contributed by atoms with Gasteiger partial charge in [0.05, 0.1) is 89.6 Å². The first-order chi connectivity index (χ1) is 31.3. The van der Waals surface area contributed by atoms with Gasteiger partial charge in [0, 0.05) is 56.5 Å². The van der Waals surface area contributed by atoms with Gasteiger partial charge in [-0.2, -0.15) is 5.26 Å². The largest absolute Gasteiger partial charge is 0.377 e. The van der Waals surface area contributed by atoms with E-state index in [-0.39, 0.29) is 147 Å². The lowest BCUT2D eigenvalue weighted by Gasteiger charge is -2.69. The van der Waals surface area contributed by atoms with Crippen LogP contribution >= 0.6 is 8.53 Å². The van der Waals surface area contributed by atoms with Crippen molar-refractivity contribution < 1.29 is 56.6 Å². The monoisotopic (exact) mass is 933 g/mol. The molecule has 19 heteroatoms. The lowest BCUT2D eigenvalue weighted by atomic mass is 9.41. The van der Waals surface area contributed by atoms with Gasteiger partial charge in [-0.3, -0.25) is 19.2 Å². The molecule has 1 atom stereocenters. The SMILES string of the molecule is C#CCOCCOCCNC(=O)CCC(CCC(=O)NCCOCCOCC#C)(CCC(=O)NCCOCCOCC#C)NC(=O)[C@]12C[C@@](OP(OCCC#N)N(C(C)C)C(C)C)(C1)C2. The quantitative estimate of drug-likeness (QED) is 0.0395. The number of nitriles is 1. The Hall–Kier alpha value is -3.88. The van der Waals surface area contributed by atoms with Crippen LogP contribution in [0.15, 0.2) is 0 Å². The van der Waals surface area contributed by atoms with Crippen LogP contribution in [0.5, 0.6) is 0 Å². The molecule has 0 aromatic heterocycles. The lowest BCUT2D eigenvalue weighted by molar-refractivity contribution is -0.239. The van der Waals surface area contributed by atoms with Crippen LogP contribution in [0.1, 0.15) is 91.9 Å². The van der Waals surface area contributed by atoms with E-state index in [4.69, 9.17) is 62.0 Å². The van der Waals surface area contributed by atoms with E-state index < -0.39 is 25.1 Å². The van der Waals surface area contributed by atoms with Crippen molar-refractivity contribution in [2.45, 2.75) is 115 Å². The van der Waals surface area contributed by atoms with E-state index in [1.807, 2.05) is 0 Å². The van der Waals surface area contributed by atoms with Gasteiger partial charge in [0.15, 0.2) is 0 Å². The van der Waals surface area contributed by atoms with E-state index in [0.717, 1.165) is 0 Å². The van der Waals surface area contributed by atoms with Crippen LogP contribution in [0.25, 0.3) is 0 Å². The molecule has 3 aliphatic rings. The third-order valence-electron chi connectivity index (χ3n) is 10.6. The predicted molar refractivity (Wildman–Crippen MR) is 244 cm³/mol. The zero-order chi connectivity index (χ0) is 47.8. The molecule has 0 saturated heterocycles. The highest BCUT2D eigenvalue weighted by Crippen LogP contribution is 2.73. The molecule has 0 aliphatic heterocycles. The molecule has 0 heterocycles. The van der Waals surface area contributed by atoms with Crippen molar-refractivity contribution in [3.05, 3.63) is 0 Å². The summed E-state index contributed by atoms with van der Waals surface area (Å²) in [7, 11) is -1.51. The van der Waals surface area contributed by atoms with Crippen molar-refractivity contribution in [1.29, 1.82) is 5.26 Å². The summed E-state index contributed by atoms with van der Waals surface area (Å²) in [6.45, 7) is 12.5. The van der Waals surface area contributed by atoms with Gasteiger partial charge in [-0.15, -0.1) is 19.3 Å². The molecule has 4 amide bonds. The second-order valence-corrected chi connectivity index (χ2v) is 17.9. The fourth-order valence-corrected chi connectivity index (χ4v) is 9.39. The summed E-state index contributed by atoms with van der Waals surface area (Å²) >= 11 is 0. The Balaban J connectivity index is 2.22. The highest BCUT2D eigenvalue weighted by molar-refractivity contribution is 7.44. The first kappa shape index (κ1) is 57.2. The van der Waals surface area contributed by atoms with E-state index in [1.165, 1.54) is 0 Å². The van der Waals surface area contributed by atoms with Crippen LogP contribution in [-0.2, 0) is 56.6 Å². The molecular formula is C46H73N6O12P. The zero-order valence-corrected chi connectivity index (χ0v) is 39.9. The average molecular weight is 933 g/mol. The van der Waals surface area contributed by atoms with Crippen LogP contribution in [0.4, 0.5) is 0 Å². The number of nitrogens with zero attached hydrogens (tertiary/aromatic N) is 2. The summed E-state index contributed by atoms with van der Waals surface area (Å²) < 4.78 is 47.2. The van der Waals surface area contributed by atoms with E-state index in [2.05, 4.69) is 77.5 Å². The Kier molecular flexibility index (Phi) is 28.8. The number of ether oxygens (including phenoxy) is 6. The smallest absolute Gasteiger partial charge is 0.259 e. The summed E-state index contributed by atoms with van der Waals surface area (Å²) in [5.41, 5.74) is -2.40. The van der Waals surface area contributed by atoms with Gasteiger partial charge in [-0.05, 0) is 66.2 Å². The minimum Gasteiger partial charge on any atom is -0.377 e. The molecule has 0 aromatic carbocycles. The molecule has 3 saturated carbocycles. The van der Waals surface area contributed by atoms with Crippen LogP contribution < -0.4 is 21.3 Å². The van der Waals surface area contributed by atoms with Crippen molar-refractivity contribution in [3.63, 3.8) is 0 Å². The topological polar surface area (TPSA) is 217 Å². The van der Waals surface area contributed by atoms with E-state index in [9.17, 15) is 19.2 Å². The zero-order valence-electron chi connectivity index (χ0n) is 39.0. The fraction of sp³-hybridized carbons (Fsp3) is 0.761. The van der Waals surface area contributed by atoms with Crippen LogP contribution in [0.2, 0.25) is 0 Å². The summed E-state index contributed by atoms with van der Waals surface area (Å²) in [4.78, 5) is 54.3. The van der Waals surface area contributed by atoms with E-state index in [1.54, 1.807) is 0 Å². The molecule has 18 nitrogen and oxygen atoms in total. The molecule has 1 unspecified atom stereocenters. The highest BCUT2D eigenvalue weighted by atomic mass is 31.2. The number of rotatable bonds is 40. The Bertz CT molecular complexity index is 1470. The molecule has 3 aliphatic carbocycles. The molecule has 65 heavy (non-hydrogen) atoms. The Labute approximate surface area is 388 Å². The van der Waals surface area contributed by atoms with Gasteiger partial charge >= 0.3 is 0 Å². The van der Waals surface area contributed by atoms with Gasteiger partial charge in [-0.25, -0.2) is 4.67 Å². The van der Waals surface area contributed by atoms with Crippen molar-refractivity contribution in [1.82, 2.24) is 25.9 Å². The van der Waals surface area contributed by atoms with Gasteiger partial charge in [0.1, 0.15) is 19.8 Å². The maximum atomic E-state index is 14.5. The van der Waals surface area contributed by atoms with Crippen LogP contribution in [0.3, 0.4) is 0 Å². The number of carbonyl (C=O) groups excluding carboxylic acids is 4. The third-order valence-corrected chi connectivity index (χ3v) is 12.9. The van der Waals surface area contributed by atoms with Crippen molar-refractivity contribution in [3.8, 4) is 43.1 Å². The van der Waals surface area contributed by atoms with Gasteiger partial charge < -0.3 is 58.7 Å². The molecule has 0 aromatic rings. The Morgan fingerprint density at radius 1 is 0.631 bits per heavy atom. The van der Waals surface area contributed by atoms with E-state index >= 15 is 0 Å². The lowest BCUT2D eigenvalue weighted by Crippen LogP contribution is -2.74. The Morgan fingerprint density at radius 2 is 1.02 bits per heavy atom. The van der Waals surface area contributed by atoms with Gasteiger partial charge in [0.25, 0.3) is 8.53 Å². The number of nitrogens with one attached hydrogen (secondary N) is 4. The predicted octanol–water partition coefficient (Wildman–Crippen LogP) is 2.75. The summed E-state index contributed by atoms with van der Waals surface area (Å²) in [6, 6.07) is 2.35. The summed E-state index contributed by atoms with van der Waals surface area (Å²) in [6.07, 6.45) is 17.7. The maximum absolute atomic E-state index is 14.5. The normalized spacial score (nSPS) is 17.8. The van der Waals surface area contributed by atoms with Gasteiger partial charge in [0.2, 0.25) is 23.6 Å². The fourth-order valence-electron chi connectivity index (χ4n) is 7.58. The molecule has 0 radical (unpaired) electrons. The highest BCUT2D eigenvalue weighted by Gasteiger charge is 2.74. The molecule has 4 N–H and O–H groups in total. The second-order valence-electron chi connectivity index (χ2n) is 16.5. The van der Waals surface area contributed by atoms with Crippen molar-refractivity contribution in [2.24, 2.45) is 5.41 Å². The number of amides is 4.